The summed E-state index contributed by atoms with van der Waals surface area (Å²) in [5.74, 6) is 2.63. The molecule has 1 aromatic carbocycles. The van der Waals surface area contributed by atoms with Crippen LogP contribution in [0.5, 0.6) is 0 Å². The summed E-state index contributed by atoms with van der Waals surface area (Å²) in [4.78, 5) is 11.3. The van der Waals surface area contributed by atoms with Gasteiger partial charge in [0.05, 0.1) is 36.5 Å². The lowest BCUT2D eigenvalue weighted by Crippen LogP contribution is -2.41. The predicted molar refractivity (Wildman–Crippen MR) is 114 cm³/mol. The third-order valence-corrected chi connectivity index (χ3v) is 5.41. The summed E-state index contributed by atoms with van der Waals surface area (Å²) in [6.45, 7) is 5.85. The van der Waals surface area contributed by atoms with Crippen LogP contribution >= 0.6 is 0 Å². The third kappa shape index (κ3) is 3.67. The number of aromatic nitrogens is 4. The highest BCUT2D eigenvalue weighted by Gasteiger charge is 2.25. The van der Waals surface area contributed by atoms with Gasteiger partial charge in [-0.1, -0.05) is 18.2 Å². The lowest BCUT2D eigenvalue weighted by atomic mass is 10.1. The second kappa shape index (κ2) is 8.25. The van der Waals surface area contributed by atoms with Gasteiger partial charge in [-0.25, -0.2) is 14.6 Å². The molecule has 154 valence electrons. The molecule has 0 bridgehead atoms. The monoisotopic (exact) mass is 404 g/mol. The molecule has 8 heteroatoms. The molecule has 0 unspecified atom stereocenters. The van der Waals surface area contributed by atoms with Gasteiger partial charge in [-0.15, -0.1) is 0 Å². The number of fused-ring (bicyclic) bond motifs is 1. The number of hydrogen-bond donors (Lipinski definition) is 1. The van der Waals surface area contributed by atoms with E-state index in [-0.39, 0.29) is 6.04 Å². The molecule has 1 aliphatic rings. The Morgan fingerprint density at radius 1 is 1.07 bits per heavy atom. The molecule has 0 spiro atoms. The molecule has 8 nitrogen and oxygen atoms in total. The number of benzene rings is 1. The van der Waals surface area contributed by atoms with Crippen LogP contribution in [0.25, 0.3) is 16.7 Å². The highest BCUT2D eigenvalue weighted by atomic mass is 16.5. The molecule has 1 aliphatic heterocycles. The van der Waals surface area contributed by atoms with Crippen LogP contribution in [0, 0.1) is 6.92 Å². The van der Waals surface area contributed by atoms with Crippen molar-refractivity contribution in [2.24, 2.45) is 0 Å². The lowest BCUT2D eigenvalue weighted by Gasteiger charge is -2.33. The number of para-hydroxylation sites is 1. The quantitative estimate of drug-likeness (QED) is 0.528. The number of morpholine rings is 1. The van der Waals surface area contributed by atoms with E-state index in [1.165, 1.54) is 0 Å². The molecule has 4 aromatic rings. The Morgan fingerprint density at radius 2 is 1.90 bits per heavy atom. The Morgan fingerprint density at radius 3 is 2.67 bits per heavy atom. The molecule has 0 saturated carbocycles. The molecule has 4 heterocycles. The van der Waals surface area contributed by atoms with Crippen molar-refractivity contribution in [3.05, 3.63) is 66.5 Å². The van der Waals surface area contributed by atoms with Gasteiger partial charge in [0, 0.05) is 19.6 Å². The molecular formula is C22H24N6O2. The molecule has 1 atom stereocenters. The molecule has 1 saturated heterocycles. The van der Waals surface area contributed by atoms with Crippen molar-refractivity contribution in [1.29, 1.82) is 0 Å². The van der Waals surface area contributed by atoms with Crippen molar-refractivity contribution in [3.63, 3.8) is 0 Å². The van der Waals surface area contributed by atoms with E-state index in [1.54, 1.807) is 6.33 Å². The van der Waals surface area contributed by atoms with Crippen LogP contribution in [-0.2, 0) is 4.74 Å². The van der Waals surface area contributed by atoms with Crippen LogP contribution < -0.4 is 5.32 Å². The zero-order valence-corrected chi connectivity index (χ0v) is 16.9. The third-order valence-electron chi connectivity index (χ3n) is 5.41. The largest absolute Gasteiger partial charge is 0.465 e. The van der Waals surface area contributed by atoms with Crippen LogP contribution in [0.4, 0.5) is 5.82 Å². The minimum absolute atomic E-state index is 0.0942. The van der Waals surface area contributed by atoms with Gasteiger partial charge in [-0.3, -0.25) is 4.90 Å². The molecule has 1 fully saturated rings. The first-order valence-electron chi connectivity index (χ1n) is 10.2. The molecule has 30 heavy (non-hydrogen) atoms. The SMILES string of the molecule is Cc1ccc([C@H](CNc2ncnc3c2cnn3-c2ccccc2)N2CCOCC2)o1. The molecule has 3 aromatic heterocycles. The summed E-state index contributed by atoms with van der Waals surface area (Å²) >= 11 is 0. The van der Waals surface area contributed by atoms with Crippen LogP contribution in [-0.4, -0.2) is 57.5 Å². The lowest BCUT2D eigenvalue weighted by molar-refractivity contribution is 0.0143. The average molecular weight is 404 g/mol. The second-order valence-electron chi connectivity index (χ2n) is 7.34. The summed E-state index contributed by atoms with van der Waals surface area (Å²) in [6, 6.07) is 14.1. The fraction of sp³-hybridized carbons (Fsp3) is 0.318. The maximum atomic E-state index is 5.97. The number of furan rings is 1. The Balaban J connectivity index is 1.42. The topological polar surface area (TPSA) is 81.2 Å². The van der Waals surface area contributed by atoms with Crippen molar-refractivity contribution in [3.8, 4) is 5.69 Å². The normalized spacial score (nSPS) is 16.0. The van der Waals surface area contributed by atoms with Gasteiger partial charge in [0.25, 0.3) is 0 Å². The van der Waals surface area contributed by atoms with Gasteiger partial charge >= 0.3 is 0 Å². The number of aryl methyl sites for hydroxylation is 1. The van der Waals surface area contributed by atoms with Crippen molar-refractivity contribution in [1.82, 2.24) is 24.6 Å². The summed E-state index contributed by atoms with van der Waals surface area (Å²) < 4.78 is 13.3. The van der Waals surface area contributed by atoms with Crippen LogP contribution in [0.15, 0.2) is 59.4 Å². The fourth-order valence-electron chi connectivity index (χ4n) is 3.87. The van der Waals surface area contributed by atoms with Gasteiger partial charge in [0.1, 0.15) is 23.7 Å². The van der Waals surface area contributed by atoms with Gasteiger partial charge < -0.3 is 14.5 Å². The van der Waals surface area contributed by atoms with Crippen molar-refractivity contribution >= 4 is 16.9 Å². The first-order chi connectivity index (χ1) is 14.8. The number of rotatable bonds is 6. The molecule has 0 aliphatic carbocycles. The van der Waals surface area contributed by atoms with Gasteiger partial charge in [-0.05, 0) is 31.2 Å². The Kier molecular flexibility index (Phi) is 5.17. The van der Waals surface area contributed by atoms with E-state index in [1.807, 2.05) is 54.2 Å². The number of nitrogens with one attached hydrogen (secondary N) is 1. The summed E-state index contributed by atoms with van der Waals surface area (Å²) in [5.41, 5.74) is 1.74. The first kappa shape index (κ1) is 18.8. The fourth-order valence-corrected chi connectivity index (χ4v) is 3.87. The van der Waals surface area contributed by atoms with E-state index in [0.717, 1.165) is 60.4 Å². The predicted octanol–water partition coefficient (Wildman–Crippen LogP) is 3.20. The molecule has 0 amide bonds. The van der Waals surface area contributed by atoms with Crippen molar-refractivity contribution in [2.45, 2.75) is 13.0 Å². The number of ether oxygens (including phenoxy) is 1. The van der Waals surface area contributed by atoms with Crippen molar-refractivity contribution < 1.29 is 9.15 Å². The van der Waals surface area contributed by atoms with E-state index < -0.39 is 0 Å². The summed E-state index contributed by atoms with van der Waals surface area (Å²) in [5, 5.41) is 8.93. The van der Waals surface area contributed by atoms with Crippen LogP contribution in [0.1, 0.15) is 17.6 Å². The Labute approximate surface area is 174 Å². The van der Waals surface area contributed by atoms with Gasteiger partial charge in [0.15, 0.2) is 5.65 Å². The zero-order chi connectivity index (χ0) is 20.3. The Hall–Kier alpha value is -3.23. The molecule has 0 radical (unpaired) electrons. The first-order valence-corrected chi connectivity index (χ1v) is 10.2. The second-order valence-corrected chi connectivity index (χ2v) is 7.34. The molecule has 1 N–H and O–H groups in total. The van der Waals surface area contributed by atoms with Crippen LogP contribution in [0.3, 0.4) is 0 Å². The van der Waals surface area contributed by atoms with Gasteiger partial charge in [-0.2, -0.15) is 5.10 Å². The standard InChI is InChI=1S/C22H24N6O2/c1-16-7-8-20(30-16)19(27-9-11-29-12-10-27)14-23-21-18-13-26-28(22(18)25-15-24-21)17-5-3-2-4-6-17/h2-8,13,15,19H,9-12,14H2,1H3,(H,23,24,25)/t19-/m0/s1. The molecular weight excluding hydrogens is 380 g/mol. The summed E-state index contributed by atoms with van der Waals surface area (Å²) in [6.07, 6.45) is 3.39. The maximum Gasteiger partial charge on any atom is 0.168 e. The highest BCUT2D eigenvalue weighted by Crippen LogP contribution is 2.26. The van der Waals surface area contributed by atoms with Gasteiger partial charge in [0.2, 0.25) is 0 Å². The van der Waals surface area contributed by atoms with E-state index in [0.29, 0.717) is 6.54 Å². The van der Waals surface area contributed by atoms with E-state index in [4.69, 9.17) is 9.15 Å². The highest BCUT2D eigenvalue weighted by molar-refractivity contribution is 5.87. The van der Waals surface area contributed by atoms with Crippen LogP contribution in [0.2, 0.25) is 0 Å². The van der Waals surface area contributed by atoms with E-state index >= 15 is 0 Å². The van der Waals surface area contributed by atoms with E-state index in [9.17, 15) is 0 Å². The number of anilines is 1. The minimum atomic E-state index is 0.0942. The number of hydrogen-bond acceptors (Lipinski definition) is 7. The molecule has 5 rings (SSSR count). The minimum Gasteiger partial charge on any atom is -0.465 e. The van der Waals surface area contributed by atoms with E-state index in [2.05, 4.69) is 31.3 Å². The summed E-state index contributed by atoms with van der Waals surface area (Å²) in [7, 11) is 0. The van der Waals surface area contributed by atoms with Crippen molar-refractivity contribution in [2.75, 3.05) is 38.2 Å². The smallest absolute Gasteiger partial charge is 0.168 e. The Bertz CT molecular complexity index is 1120. The maximum absolute atomic E-state index is 5.97. The zero-order valence-electron chi connectivity index (χ0n) is 16.9. The average Bonchev–Trinajstić information content (AvgIpc) is 3.42. The number of nitrogens with zero attached hydrogens (tertiary/aromatic N) is 5.